The van der Waals surface area contributed by atoms with Crippen LogP contribution in [0.25, 0.3) is 0 Å². The fourth-order valence-corrected chi connectivity index (χ4v) is 3.59. The predicted octanol–water partition coefficient (Wildman–Crippen LogP) is 1.72. The highest BCUT2D eigenvalue weighted by Crippen LogP contribution is 2.48. The maximum absolute atomic E-state index is 12.7. The summed E-state index contributed by atoms with van der Waals surface area (Å²) >= 11 is 6.04. The van der Waals surface area contributed by atoms with Crippen LogP contribution in [0.5, 0.6) is 0 Å². The molecule has 2 aliphatic rings. The van der Waals surface area contributed by atoms with E-state index in [1.165, 1.54) is 0 Å². The summed E-state index contributed by atoms with van der Waals surface area (Å²) in [7, 11) is 0. The molecule has 2 fully saturated rings. The fraction of sp³-hybridized carbons (Fsp3) is 0.556. The molecule has 1 saturated carbocycles. The van der Waals surface area contributed by atoms with Crippen molar-refractivity contribution in [3.05, 3.63) is 34.9 Å². The van der Waals surface area contributed by atoms with Crippen molar-refractivity contribution in [1.29, 1.82) is 0 Å². The van der Waals surface area contributed by atoms with E-state index in [9.17, 15) is 9.59 Å². The second-order valence-electron chi connectivity index (χ2n) is 6.56. The number of carbonyl (C=O) groups is 2. The van der Waals surface area contributed by atoms with Gasteiger partial charge in [0.15, 0.2) is 0 Å². The van der Waals surface area contributed by atoms with Crippen molar-refractivity contribution in [2.45, 2.75) is 19.3 Å². The van der Waals surface area contributed by atoms with E-state index in [1.807, 2.05) is 36.1 Å². The van der Waals surface area contributed by atoms with Gasteiger partial charge in [-0.15, -0.1) is 0 Å². The monoisotopic (exact) mass is 349 g/mol. The lowest BCUT2D eigenvalue weighted by atomic mass is 10.1. The lowest BCUT2D eigenvalue weighted by Crippen LogP contribution is -2.51. The molecule has 2 amide bonds. The summed E-state index contributed by atoms with van der Waals surface area (Å²) in [4.78, 5) is 28.3. The molecule has 1 aliphatic heterocycles. The standard InChI is InChI=1S/C18H24ClN3O2/c1-2-20-17(23)12-21-6-8-22(9-7-21)18(24)16-11-15(16)13-4-3-5-14(19)10-13/h3-5,10,15-16H,2,6-9,11-12H2,1H3,(H,20,23)/t15-,16+/m1/s1. The van der Waals surface area contributed by atoms with Gasteiger partial charge in [-0.25, -0.2) is 0 Å². The summed E-state index contributed by atoms with van der Waals surface area (Å²) in [6.45, 7) is 5.93. The number of hydrogen-bond donors (Lipinski definition) is 1. The Balaban J connectivity index is 1.47. The van der Waals surface area contributed by atoms with Crippen molar-refractivity contribution in [3.8, 4) is 0 Å². The predicted molar refractivity (Wildman–Crippen MR) is 94.0 cm³/mol. The van der Waals surface area contributed by atoms with Crippen LogP contribution in [0.1, 0.15) is 24.8 Å². The Labute approximate surface area is 147 Å². The number of hydrogen-bond acceptors (Lipinski definition) is 3. The van der Waals surface area contributed by atoms with Crippen molar-refractivity contribution >= 4 is 23.4 Å². The van der Waals surface area contributed by atoms with Gasteiger partial charge in [0.2, 0.25) is 11.8 Å². The first kappa shape index (κ1) is 17.2. The average Bonchev–Trinajstić information content (AvgIpc) is 3.36. The largest absolute Gasteiger partial charge is 0.355 e. The summed E-state index contributed by atoms with van der Waals surface area (Å²) in [6, 6.07) is 7.81. The van der Waals surface area contributed by atoms with E-state index in [4.69, 9.17) is 11.6 Å². The van der Waals surface area contributed by atoms with Gasteiger partial charge >= 0.3 is 0 Å². The molecule has 2 atom stereocenters. The molecule has 0 aromatic heterocycles. The van der Waals surface area contributed by atoms with Crippen molar-refractivity contribution in [1.82, 2.24) is 15.1 Å². The fourth-order valence-electron chi connectivity index (χ4n) is 3.39. The van der Waals surface area contributed by atoms with Crippen LogP contribution >= 0.6 is 11.6 Å². The second kappa shape index (κ2) is 7.53. The molecular weight excluding hydrogens is 326 g/mol. The van der Waals surface area contributed by atoms with Gasteiger partial charge in [-0.3, -0.25) is 14.5 Å². The Bertz CT molecular complexity index is 614. The smallest absolute Gasteiger partial charge is 0.234 e. The Hall–Kier alpha value is -1.59. The molecule has 130 valence electrons. The minimum atomic E-state index is 0.0560. The molecule has 24 heavy (non-hydrogen) atoms. The molecule has 1 aromatic carbocycles. The van der Waals surface area contributed by atoms with E-state index >= 15 is 0 Å². The number of halogens is 1. The zero-order valence-electron chi connectivity index (χ0n) is 14.0. The van der Waals surface area contributed by atoms with Gasteiger partial charge in [0.25, 0.3) is 0 Å². The van der Waals surface area contributed by atoms with E-state index in [1.54, 1.807) is 0 Å². The number of benzene rings is 1. The van der Waals surface area contributed by atoms with Crippen LogP contribution in [0.2, 0.25) is 5.02 Å². The van der Waals surface area contributed by atoms with Crippen LogP contribution in [0, 0.1) is 5.92 Å². The number of amides is 2. The molecular formula is C18H24ClN3O2. The molecule has 3 rings (SSSR count). The van der Waals surface area contributed by atoms with E-state index in [0.29, 0.717) is 32.1 Å². The first-order valence-electron chi connectivity index (χ1n) is 8.61. The topological polar surface area (TPSA) is 52.7 Å². The van der Waals surface area contributed by atoms with Crippen molar-refractivity contribution in [2.24, 2.45) is 5.92 Å². The third-order valence-corrected chi connectivity index (χ3v) is 5.04. The first-order valence-corrected chi connectivity index (χ1v) is 8.99. The SMILES string of the molecule is CCNC(=O)CN1CCN(C(=O)[C@H]2C[C@@H]2c2cccc(Cl)c2)CC1. The number of carbonyl (C=O) groups excluding carboxylic acids is 2. The number of likely N-dealkylation sites (N-methyl/N-ethyl adjacent to an activating group) is 1. The van der Waals surface area contributed by atoms with E-state index in [-0.39, 0.29) is 17.7 Å². The summed E-state index contributed by atoms with van der Waals surface area (Å²) in [6.07, 6.45) is 0.915. The second-order valence-corrected chi connectivity index (χ2v) is 7.00. The van der Waals surface area contributed by atoms with Gasteiger partial charge in [-0.1, -0.05) is 23.7 Å². The summed E-state index contributed by atoms with van der Waals surface area (Å²) in [5.41, 5.74) is 1.16. The van der Waals surface area contributed by atoms with Gasteiger partial charge in [0.05, 0.1) is 6.54 Å². The molecule has 0 radical (unpaired) electrons. The third kappa shape index (κ3) is 4.08. The third-order valence-electron chi connectivity index (χ3n) is 4.81. The Morgan fingerprint density at radius 3 is 2.67 bits per heavy atom. The normalized spacial score (nSPS) is 23.8. The molecule has 6 heteroatoms. The van der Waals surface area contributed by atoms with Crippen molar-refractivity contribution < 1.29 is 9.59 Å². The Kier molecular flexibility index (Phi) is 5.41. The van der Waals surface area contributed by atoms with E-state index in [0.717, 1.165) is 30.1 Å². The molecule has 5 nitrogen and oxygen atoms in total. The van der Waals surface area contributed by atoms with Gasteiger partial charge in [-0.05, 0) is 37.0 Å². The van der Waals surface area contributed by atoms with Gasteiger partial charge < -0.3 is 10.2 Å². The van der Waals surface area contributed by atoms with Crippen molar-refractivity contribution in [2.75, 3.05) is 39.3 Å². The van der Waals surface area contributed by atoms with Crippen LogP contribution in [0.4, 0.5) is 0 Å². The number of nitrogens with one attached hydrogen (secondary N) is 1. The van der Waals surface area contributed by atoms with Crippen LogP contribution in [0.15, 0.2) is 24.3 Å². The average molecular weight is 350 g/mol. The molecule has 0 bridgehead atoms. The summed E-state index contributed by atoms with van der Waals surface area (Å²) in [5.74, 6) is 0.709. The van der Waals surface area contributed by atoms with Crippen LogP contribution in [-0.4, -0.2) is 60.9 Å². The first-order chi connectivity index (χ1) is 11.6. The summed E-state index contributed by atoms with van der Waals surface area (Å²) in [5, 5.41) is 3.54. The Morgan fingerprint density at radius 2 is 2.00 bits per heavy atom. The zero-order chi connectivity index (χ0) is 17.1. The zero-order valence-corrected chi connectivity index (χ0v) is 14.8. The molecule has 1 heterocycles. The van der Waals surface area contributed by atoms with Gasteiger partial charge in [0.1, 0.15) is 0 Å². The molecule has 0 unspecified atom stereocenters. The molecule has 1 N–H and O–H groups in total. The maximum Gasteiger partial charge on any atom is 0.234 e. The highest BCUT2D eigenvalue weighted by molar-refractivity contribution is 6.30. The maximum atomic E-state index is 12.7. The van der Waals surface area contributed by atoms with Crippen molar-refractivity contribution in [3.63, 3.8) is 0 Å². The minimum absolute atomic E-state index is 0.0560. The van der Waals surface area contributed by atoms with Crippen LogP contribution in [-0.2, 0) is 9.59 Å². The number of nitrogens with zero attached hydrogens (tertiary/aromatic N) is 2. The highest BCUT2D eigenvalue weighted by Gasteiger charge is 2.46. The van der Waals surface area contributed by atoms with E-state index < -0.39 is 0 Å². The van der Waals surface area contributed by atoms with Crippen LogP contribution < -0.4 is 5.32 Å². The molecule has 0 spiro atoms. The molecule has 1 saturated heterocycles. The number of rotatable bonds is 5. The lowest BCUT2D eigenvalue weighted by Gasteiger charge is -2.34. The number of piperazine rings is 1. The van der Waals surface area contributed by atoms with Crippen LogP contribution in [0.3, 0.4) is 0 Å². The lowest BCUT2D eigenvalue weighted by molar-refractivity contribution is -0.134. The molecule has 1 aliphatic carbocycles. The Morgan fingerprint density at radius 1 is 1.25 bits per heavy atom. The quantitative estimate of drug-likeness (QED) is 0.880. The van der Waals surface area contributed by atoms with Gasteiger partial charge in [-0.2, -0.15) is 0 Å². The minimum Gasteiger partial charge on any atom is -0.355 e. The van der Waals surface area contributed by atoms with Gasteiger partial charge in [0, 0.05) is 43.7 Å². The highest BCUT2D eigenvalue weighted by atomic mass is 35.5. The summed E-state index contributed by atoms with van der Waals surface area (Å²) < 4.78 is 0. The molecule has 1 aromatic rings. The van der Waals surface area contributed by atoms with E-state index in [2.05, 4.69) is 10.2 Å².